The maximum atomic E-state index is 13.9. The van der Waals surface area contributed by atoms with Gasteiger partial charge in [0.2, 0.25) is 10.0 Å². The van der Waals surface area contributed by atoms with Crippen LogP contribution < -0.4 is 0 Å². The van der Waals surface area contributed by atoms with Crippen molar-refractivity contribution in [3.63, 3.8) is 0 Å². The Morgan fingerprint density at radius 3 is 2.15 bits per heavy atom. The molecule has 0 amide bonds. The van der Waals surface area contributed by atoms with Gasteiger partial charge in [-0.25, -0.2) is 17.2 Å². The van der Waals surface area contributed by atoms with Crippen LogP contribution in [-0.2, 0) is 16.6 Å². The van der Waals surface area contributed by atoms with E-state index in [1.165, 1.54) is 6.07 Å². The summed E-state index contributed by atoms with van der Waals surface area (Å²) in [6.45, 7) is 0.954. The summed E-state index contributed by atoms with van der Waals surface area (Å²) in [6.07, 6.45) is 0. The molecule has 0 aliphatic carbocycles. The smallest absolute Gasteiger partial charge is 0.273 e. The number of hydrogen-bond acceptors (Lipinski definition) is 5. The molecular weight excluding hydrogens is 380 g/mol. The Morgan fingerprint density at radius 1 is 0.963 bits per heavy atom. The maximum Gasteiger partial charge on any atom is 0.273 e. The van der Waals surface area contributed by atoms with Crippen LogP contribution in [0.4, 0.5) is 14.5 Å². The van der Waals surface area contributed by atoms with E-state index in [1.54, 1.807) is 18.2 Å². The van der Waals surface area contributed by atoms with E-state index in [0.29, 0.717) is 25.2 Å². The summed E-state index contributed by atoms with van der Waals surface area (Å²) in [5.41, 5.74) is 0.528. The molecule has 7 nitrogen and oxygen atoms in total. The molecule has 27 heavy (non-hydrogen) atoms. The van der Waals surface area contributed by atoms with Gasteiger partial charge in [0, 0.05) is 44.4 Å². The molecule has 0 saturated carbocycles. The normalized spacial score (nSPS) is 16.4. The molecule has 0 unspecified atom stereocenters. The van der Waals surface area contributed by atoms with Crippen molar-refractivity contribution in [2.45, 2.75) is 11.4 Å². The van der Waals surface area contributed by atoms with E-state index in [4.69, 9.17) is 0 Å². The fraction of sp³-hybridized carbons (Fsp3) is 0.294. The van der Waals surface area contributed by atoms with E-state index in [1.807, 2.05) is 4.90 Å². The molecular formula is C17H17F2N3O4S. The van der Waals surface area contributed by atoms with Gasteiger partial charge in [0.15, 0.2) is 4.90 Å². The van der Waals surface area contributed by atoms with Gasteiger partial charge in [-0.1, -0.05) is 24.3 Å². The molecule has 10 heteroatoms. The third-order valence-corrected chi connectivity index (χ3v) is 6.38. The molecule has 0 spiro atoms. The predicted molar refractivity (Wildman–Crippen MR) is 93.5 cm³/mol. The first-order chi connectivity index (χ1) is 12.8. The number of nitrogens with zero attached hydrogens (tertiary/aromatic N) is 3. The summed E-state index contributed by atoms with van der Waals surface area (Å²) in [4.78, 5) is 11.6. The lowest BCUT2D eigenvalue weighted by Crippen LogP contribution is -2.48. The van der Waals surface area contributed by atoms with E-state index >= 15 is 0 Å². The van der Waals surface area contributed by atoms with Gasteiger partial charge in [0.05, 0.1) is 4.92 Å². The highest BCUT2D eigenvalue weighted by Crippen LogP contribution is 2.25. The highest BCUT2D eigenvalue weighted by Gasteiger charge is 2.33. The summed E-state index contributed by atoms with van der Waals surface area (Å²) in [5.74, 6) is -2.25. The highest BCUT2D eigenvalue weighted by molar-refractivity contribution is 7.89. The van der Waals surface area contributed by atoms with Crippen molar-refractivity contribution in [1.82, 2.24) is 9.21 Å². The van der Waals surface area contributed by atoms with Gasteiger partial charge in [-0.2, -0.15) is 4.31 Å². The Bertz CT molecular complexity index is 940. The fourth-order valence-corrected chi connectivity index (χ4v) is 4.58. The lowest BCUT2D eigenvalue weighted by atomic mass is 10.1. The number of halogens is 2. The van der Waals surface area contributed by atoms with Crippen molar-refractivity contribution >= 4 is 15.7 Å². The molecule has 1 saturated heterocycles. The van der Waals surface area contributed by atoms with E-state index in [9.17, 15) is 27.3 Å². The van der Waals surface area contributed by atoms with Crippen molar-refractivity contribution in [2.24, 2.45) is 0 Å². The molecule has 0 bridgehead atoms. The van der Waals surface area contributed by atoms with Crippen LogP contribution in [0.3, 0.4) is 0 Å². The number of benzene rings is 2. The molecule has 1 heterocycles. The molecule has 0 N–H and O–H groups in total. The molecule has 3 rings (SSSR count). The second kappa shape index (κ2) is 7.67. The molecule has 1 aliphatic rings. The maximum absolute atomic E-state index is 13.9. The van der Waals surface area contributed by atoms with Gasteiger partial charge in [-0.15, -0.1) is 0 Å². The summed E-state index contributed by atoms with van der Waals surface area (Å²) in [6, 6.07) is 9.25. The van der Waals surface area contributed by atoms with E-state index in [2.05, 4.69) is 0 Å². The molecule has 0 radical (unpaired) electrons. The average molecular weight is 397 g/mol. The van der Waals surface area contributed by atoms with Gasteiger partial charge < -0.3 is 0 Å². The lowest BCUT2D eigenvalue weighted by molar-refractivity contribution is -0.385. The number of sulfonamides is 1. The zero-order chi connectivity index (χ0) is 19.6. The number of rotatable bonds is 5. The van der Waals surface area contributed by atoms with Crippen molar-refractivity contribution in [1.29, 1.82) is 0 Å². The summed E-state index contributed by atoms with van der Waals surface area (Å²) in [5, 5.41) is 11.1. The summed E-state index contributed by atoms with van der Waals surface area (Å²) in [7, 11) is -4.29. The largest absolute Gasteiger partial charge is 0.296 e. The Balaban J connectivity index is 1.72. The first kappa shape index (κ1) is 19.3. The van der Waals surface area contributed by atoms with Crippen molar-refractivity contribution in [3.8, 4) is 0 Å². The Morgan fingerprint density at radius 2 is 1.56 bits per heavy atom. The standard InChI is InChI=1S/C17H17F2N3O4S/c18-14-5-3-6-15(19)17(14)27(25,26)21-10-8-20(9-11-21)12-13-4-1-2-7-16(13)22(23)24/h1-7H,8-12H2. The fourth-order valence-electron chi connectivity index (χ4n) is 3.05. The van der Waals surface area contributed by atoms with Crippen LogP contribution in [0.15, 0.2) is 47.4 Å². The van der Waals surface area contributed by atoms with Crippen molar-refractivity contribution in [3.05, 3.63) is 69.8 Å². The Kier molecular flexibility index (Phi) is 5.49. The minimum atomic E-state index is -4.29. The average Bonchev–Trinajstić information content (AvgIpc) is 2.62. The topological polar surface area (TPSA) is 83.8 Å². The van der Waals surface area contributed by atoms with E-state index in [0.717, 1.165) is 22.5 Å². The highest BCUT2D eigenvalue weighted by atomic mass is 32.2. The zero-order valence-corrected chi connectivity index (χ0v) is 15.0. The van der Waals surface area contributed by atoms with Crippen molar-refractivity contribution < 1.29 is 22.1 Å². The molecule has 1 fully saturated rings. The van der Waals surface area contributed by atoms with Crippen LogP contribution in [0.5, 0.6) is 0 Å². The van der Waals surface area contributed by atoms with Crippen LogP contribution in [0.25, 0.3) is 0 Å². The molecule has 2 aromatic carbocycles. The Hall–Kier alpha value is -2.43. The van der Waals surface area contributed by atoms with Gasteiger partial charge in [0.1, 0.15) is 11.6 Å². The van der Waals surface area contributed by atoms with Crippen LogP contribution in [0, 0.1) is 21.7 Å². The van der Waals surface area contributed by atoms with E-state index in [-0.39, 0.29) is 18.8 Å². The molecule has 0 aromatic heterocycles. The zero-order valence-electron chi connectivity index (χ0n) is 14.2. The van der Waals surface area contributed by atoms with Crippen LogP contribution in [-0.4, -0.2) is 48.7 Å². The molecule has 2 aromatic rings. The number of nitro groups is 1. The Labute approximate surface area is 155 Å². The third kappa shape index (κ3) is 3.97. The van der Waals surface area contributed by atoms with Gasteiger partial charge in [-0.3, -0.25) is 15.0 Å². The minimum Gasteiger partial charge on any atom is -0.296 e. The number of para-hydroxylation sites is 1. The van der Waals surface area contributed by atoms with Crippen LogP contribution >= 0.6 is 0 Å². The lowest BCUT2D eigenvalue weighted by Gasteiger charge is -2.33. The van der Waals surface area contributed by atoms with Crippen LogP contribution in [0.1, 0.15) is 5.56 Å². The SMILES string of the molecule is O=[N+]([O-])c1ccccc1CN1CCN(S(=O)(=O)c2c(F)cccc2F)CC1. The first-order valence-electron chi connectivity index (χ1n) is 8.19. The number of piperazine rings is 1. The third-order valence-electron chi connectivity index (χ3n) is 4.43. The van der Waals surface area contributed by atoms with Gasteiger partial charge in [0.25, 0.3) is 5.69 Å². The van der Waals surface area contributed by atoms with Crippen molar-refractivity contribution in [2.75, 3.05) is 26.2 Å². The number of nitro benzene ring substituents is 1. The molecule has 0 atom stereocenters. The van der Waals surface area contributed by atoms with Gasteiger partial charge >= 0.3 is 0 Å². The van der Waals surface area contributed by atoms with Crippen LogP contribution in [0.2, 0.25) is 0 Å². The quantitative estimate of drug-likeness (QED) is 0.571. The summed E-state index contributed by atoms with van der Waals surface area (Å²) >= 11 is 0. The molecule has 1 aliphatic heterocycles. The molecule has 144 valence electrons. The predicted octanol–water partition coefficient (Wildman–Crippen LogP) is 2.38. The minimum absolute atomic E-state index is 0.000906. The number of hydrogen-bond donors (Lipinski definition) is 0. The monoisotopic (exact) mass is 397 g/mol. The first-order valence-corrected chi connectivity index (χ1v) is 9.63. The summed E-state index contributed by atoms with van der Waals surface area (Å²) < 4.78 is 53.9. The van der Waals surface area contributed by atoms with E-state index < -0.39 is 31.5 Å². The van der Waals surface area contributed by atoms with Gasteiger partial charge in [-0.05, 0) is 12.1 Å². The second-order valence-electron chi connectivity index (χ2n) is 6.12. The second-order valence-corrected chi connectivity index (χ2v) is 7.99.